The van der Waals surface area contributed by atoms with E-state index in [-0.39, 0.29) is 29.6 Å². The number of ether oxygens (including phenoxy) is 2. The maximum Gasteiger partial charge on any atom is 0.341 e. The molecule has 0 fully saturated rings. The normalized spacial score (nSPS) is 10.3. The van der Waals surface area contributed by atoms with Crippen LogP contribution >= 0.6 is 11.3 Å². The van der Waals surface area contributed by atoms with Crippen LogP contribution in [-0.2, 0) is 9.53 Å². The Balaban J connectivity index is 2.15. The zero-order valence-corrected chi connectivity index (χ0v) is 15.4. The summed E-state index contributed by atoms with van der Waals surface area (Å²) < 4.78 is 23.1. The Bertz CT molecular complexity index is 829. The van der Waals surface area contributed by atoms with Gasteiger partial charge in [-0.25, -0.2) is 9.18 Å². The lowest BCUT2D eigenvalue weighted by Crippen LogP contribution is -2.21. The molecule has 0 spiro atoms. The summed E-state index contributed by atoms with van der Waals surface area (Å²) in [6.07, 6.45) is 0. The van der Waals surface area contributed by atoms with E-state index < -0.39 is 17.7 Å². The van der Waals surface area contributed by atoms with Gasteiger partial charge in [0.2, 0.25) is 0 Å². The van der Waals surface area contributed by atoms with Crippen molar-refractivity contribution in [3.8, 4) is 5.75 Å². The van der Waals surface area contributed by atoms with Crippen LogP contribution in [0.2, 0.25) is 0 Å². The van der Waals surface area contributed by atoms with Crippen LogP contribution in [0.25, 0.3) is 0 Å². The summed E-state index contributed by atoms with van der Waals surface area (Å²) in [7, 11) is 0. The minimum absolute atomic E-state index is 0.164. The number of hydrogen-bond donors (Lipinski definition) is 1. The number of nitrogens with one attached hydrogen (secondary N) is 1. The monoisotopic (exact) mass is 379 g/mol. The first-order chi connectivity index (χ1) is 12.3. The van der Waals surface area contributed by atoms with Crippen molar-refractivity contribution in [1.29, 1.82) is 0 Å². The quantitative estimate of drug-likeness (QED) is 0.587. The molecule has 1 amide bonds. The molecule has 0 aliphatic carbocycles. The molecule has 2 rings (SSSR count). The van der Waals surface area contributed by atoms with Gasteiger partial charge in [-0.2, -0.15) is 0 Å². The Labute approximate surface area is 153 Å². The molecule has 0 saturated heterocycles. The number of benzene rings is 1. The van der Waals surface area contributed by atoms with Gasteiger partial charge in [-0.05, 0) is 50.6 Å². The molecule has 6 nitrogen and oxygen atoms in total. The molecule has 1 aromatic heterocycles. The van der Waals surface area contributed by atoms with Gasteiger partial charge in [0.25, 0.3) is 5.91 Å². The van der Waals surface area contributed by atoms with E-state index in [1.807, 2.05) is 0 Å². The number of carbonyl (C=O) groups excluding carboxylic acids is 3. The zero-order valence-electron chi connectivity index (χ0n) is 14.6. The number of anilines is 1. The zero-order chi connectivity index (χ0) is 19.3. The molecular formula is C18H18FNO5S. The molecule has 138 valence electrons. The lowest BCUT2D eigenvalue weighted by Gasteiger charge is -2.08. The summed E-state index contributed by atoms with van der Waals surface area (Å²) in [4.78, 5) is 36.4. The van der Waals surface area contributed by atoms with Gasteiger partial charge >= 0.3 is 5.97 Å². The van der Waals surface area contributed by atoms with E-state index in [1.54, 1.807) is 13.8 Å². The highest BCUT2D eigenvalue weighted by atomic mass is 32.1. The fourth-order valence-electron chi connectivity index (χ4n) is 2.23. The van der Waals surface area contributed by atoms with Gasteiger partial charge in [-0.3, -0.25) is 9.59 Å². The fourth-order valence-corrected chi connectivity index (χ4v) is 3.34. The highest BCUT2D eigenvalue weighted by Crippen LogP contribution is 2.34. The maximum atomic E-state index is 12.9. The standard InChI is InChI=1S/C18H18FNO5S/c1-4-24-18(23)15-10(2)16(11(3)21)26-17(15)20-14(22)9-25-13-7-5-12(19)6-8-13/h5-8H,4,9H2,1-3H3,(H,20,22). The van der Waals surface area contributed by atoms with Gasteiger partial charge in [0.05, 0.1) is 17.0 Å². The first-order valence-corrected chi connectivity index (χ1v) is 8.64. The van der Waals surface area contributed by atoms with Crippen molar-refractivity contribution in [2.24, 2.45) is 0 Å². The van der Waals surface area contributed by atoms with Crippen LogP contribution in [-0.4, -0.2) is 30.9 Å². The molecule has 26 heavy (non-hydrogen) atoms. The summed E-state index contributed by atoms with van der Waals surface area (Å²) in [6, 6.07) is 5.23. The van der Waals surface area contributed by atoms with Crippen molar-refractivity contribution in [2.75, 3.05) is 18.5 Å². The fraction of sp³-hybridized carbons (Fsp3) is 0.278. The lowest BCUT2D eigenvalue weighted by molar-refractivity contribution is -0.118. The maximum absolute atomic E-state index is 12.9. The number of halogens is 1. The topological polar surface area (TPSA) is 81.7 Å². The molecule has 1 aromatic carbocycles. The summed E-state index contributed by atoms with van der Waals surface area (Å²) in [5, 5.41) is 2.81. The Hall–Kier alpha value is -2.74. The number of thiophene rings is 1. The smallest absolute Gasteiger partial charge is 0.341 e. The van der Waals surface area contributed by atoms with Gasteiger partial charge in [0.1, 0.15) is 16.6 Å². The average Bonchev–Trinajstić information content (AvgIpc) is 2.91. The Morgan fingerprint density at radius 2 is 1.85 bits per heavy atom. The first-order valence-electron chi connectivity index (χ1n) is 7.83. The van der Waals surface area contributed by atoms with Crippen LogP contribution in [0.4, 0.5) is 9.39 Å². The first kappa shape index (κ1) is 19.6. The molecule has 2 aromatic rings. The van der Waals surface area contributed by atoms with E-state index in [4.69, 9.17) is 9.47 Å². The molecule has 0 aliphatic rings. The molecule has 0 unspecified atom stereocenters. The molecule has 0 saturated carbocycles. The highest BCUT2D eigenvalue weighted by molar-refractivity contribution is 7.18. The lowest BCUT2D eigenvalue weighted by atomic mass is 10.1. The van der Waals surface area contributed by atoms with Crippen molar-refractivity contribution in [1.82, 2.24) is 0 Å². The molecule has 1 heterocycles. The Kier molecular flexibility index (Phi) is 6.46. The number of Topliss-reactive ketones (excluding diaryl/α,β-unsaturated/α-hetero) is 1. The van der Waals surface area contributed by atoms with Crippen LogP contribution in [0, 0.1) is 12.7 Å². The number of carbonyl (C=O) groups is 3. The second-order valence-corrected chi connectivity index (χ2v) is 6.35. The van der Waals surface area contributed by atoms with E-state index in [2.05, 4.69) is 5.32 Å². The van der Waals surface area contributed by atoms with Gasteiger partial charge < -0.3 is 14.8 Å². The number of ketones is 1. The van der Waals surface area contributed by atoms with Gasteiger partial charge in [-0.15, -0.1) is 11.3 Å². The predicted octanol–water partition coefficient (Wildman–Crippen LogP) is 3.59. The van der Waals surface area contributed by atoms with Crippen molar-refractivity contribution >= 4 is 34.0 Å². The van der Waals surface area contributed by atoms with Crippen LogP contribution in [0.1, 0.15) is 39.4 Å². The van der Waals surface area contributed by atoms with E-state index >= 15 is 0 Å². The van der Waals surface area contributed by atoms with Gasteiger partial charge in [0, 0.05) is 0 Å². The summed E-state index contributed by atoms with van der Waals surface area (Å²) in [5.41, 5.74) is 0.632. The van der Waals surface area contributed by atoms with Gasteiger partial charge in [0.15, 0.2) is 12.4 Å². The second-order valence-electron chi connectivity index (χ2n) is 5.33. The largest absolute Gasteiger partial charge is 0.484 e. The predicted molar refractivity (Wildman–Crippen MR) is 95.5 cm³/mol. The van der Waals surface area contributed by atoms with Crippen molar-refractivity contribution in [3.63, 3.8) is 0 Å². The number of esters is 1. The molecule has 8 heteroatoms. The number of amides is 1. The summed E-state index contributed by atoms with van der Waals surface area (Å²) in [5.74, 6) is -1.41. The third-order valence-electron chi connectivity index (χ3n) is 3.38. The highest BCUT2D eigenvalue weighted by Gasteiger charge is 2.25. The van der Waals surface area contributed by atoms with E-state index in [0.717, 1.165) is 11.3 Å². The second kappa shape index (κ2) is 8.57. The number of rotatable bonds is 7. The van der Waals surface area contributed by atoms with Crippen LogP contribution in [0.3, 0.4) is 0 Å². The molecule has 0 bridgehead atoms. The summed E-state index contributed by atoms with van der Waals surface area (Å²) in [6.45, 7) is 4.52. The van der Waals surface area contributed by atoms with Crippen LogP contribution in [0.15, 0.2) is 24.3 Å². The average molecular weight is 379 g/mol. The van der Waals surface area contributed by atoms with Crippen molar-refractivity contribution < 1.29 is 28.2 Å². The number of hydrogen-bond acceptors (Lipinski definition) is 6. The van der Waals surface area contributed by atoms with E-state index in [9.17, 15) is 18.8 Å². The molecule has 0 radical (unpaired) electrons. The molecule has 1 N–H and O–H groups in total. The molecular weight excluding hydrogens is 361 g/mol. The van der Waals surface area contributed by atoms with Crippen LogP contribution in [0.5, 0.6) is 5.75 Å². The van der Waals surface area contributed by atoms with Crippen molar-refractivity contribution in [3.05, 3.63) is 46.1 Å². The minimum Gasteiger partial charge on any atom is -0.484 e. The minimum atomic E-state index is -0.608. The van der Waals surface area contributed by atoms with E-state index in [1.165, 1.54) is 31.2 Å². The van der Waals surface area contributed by atoms with Crippen molar-refractivity contribution in [2.45, 2.75) is 20.8 Å². The third-order valence-corrected chi connectivity index (χ3v) is 4.69. The Morgan fingerprint density at radius 1 is 1.19 bits per heavy atom. The summed E-state index contributed by atoms with van der Waals surface area (Å²) >= 11 is 1.01. The van der Waals surface area contributed by atoms with E-state index in [0.29, 0.717) is 16.2 Å². The van der Waals surface area contributed by atoms with Gasteiger partial charge in [-0.1, -0.05) is 0 Å². The Morgan fingerprint density at radius 3 is 2.42 bits per heavy atom. The molecule has 0 atom stereocenters. The third kappa shape index (κ3) is 4.66. The SMILES string of the molecule is CCOC(=O)c1c(NC(=O)COc2ccc(F)cc2)sc(C(C)=O)c1C. The molecule has 0 aliphatic heterocycles. The van der Waals surface area contributed by atoms with Crippen LogP contribution < -0.4 is 10.1 Å².